The van der Waals surface area contributed by atoms with Crippen molar-refractivity contribution in [2.24, 2.45) is 0 Å². The van der Waals surface area contributed by atoms with E-state index in [2.05, 4.69) is 22.4 Å². The molecule has 0 atom stereocenters. The molecule has 1 N–H and O–H groups in total. The van der Waals surface area contributed by atoms with E-state index in [-0.39, 0.29) is 16.2 Å². The van der Waals surface area contributed by atoms with Crippen LogP contribution in [0.15, 0.2) is 87.4 Å². The number of thiazole rings is 1. The van der Waals surface area contributed by atoms with Gasteiger partial charge in [0.2, 0.25) is 0 Å². The van der Waals surface area contributed by atoms with E-state index in [0.29, 0.717) is 15.5 Å². The Bertz CT molecular complexity index is 1540. The van der Waals surface area contributed by atoms with Crippen LogP contribution in [0.5, 0.6) is 0 Å². The minimum atomic E-state index is -0.794. The molecule has 0 spiro atoms. The molecule has 2 aromatic heterocycles. The predicted molar refractivity (Wildman–Crippen MR) is 133 cm³/mol. The highest BCUT2D eigenvalue weighted by molar-refractivity contribution is 7.14. The van der Waals surface area contributed by atoms with Gasteiger partial charge in [-0.25, -0.2) is 9.78 Å². The summed E-state index contributed by atoms with van der Waals surface area (Å²) in [5, 5.41) is 5.90. The number of anilines is 1. The topological polar surface area (TPSA) is 72.2 Å². The Morgan fingerprint density at radius 2 is 1.61 bits per heavy atom. The quantitative estimate of drug-likeness (QED) is 0.270. The molecule has 0 aliphatic rings. The molecule has 0 aliphatic heterocycles. The van der Waals surface area contributed by atoms with Crippen molar-refractivity contribution in [2.75, 3.05) is 5.32 Å². The van der Waals surface area contributed by atoms with Gasteiger partial charge < -0.3 is 4.42 Å². The largest absolute Gasteiger partial charge is 0.421 e. The molecule has 2 heterocycles. The molecule has 8 heteroatoms. The van der Waals surface area contributed by atoms with Crippen LogP contribution in [0.25, 0.3) is 33.4 Å². The van der Waals surface area contributed by atoms with Gasteiger partial charge in [-0.3, -0.25) is 10.1 Å². The molecular formula is C25H14Cl2N2O3S. The maximum absolute atomic E-state index is 12.7. The van der Waals surface area contributed by atoms with Crippen molar-refractivity contribution in [2.45, 2.75) is 0 Å². The third-order valence-corrected chi connectivity index (χ3v) is 6.27. The minimum absolute atomic E-state index is 0.162. The molecule has 0 radical (unpaired) electrons. The van der Waals surface area contributed by atoms with Crippen LogP contribution in [0.1, 0.15) is 10.4 Å². The smallest absolute Gasteiger partial charge is 0.349 e. The standard InChI is InChI=1S/C25H14Cl2N2O3S/c26-18-10-17-11-19(24(31)32-22(17)20(27)12-18)23(30)29-25-28-21(13-33-25)16-8-6-15(7-9-16)14-4-2-1-3-5-14/h1-13H,(H,28,29,30). The van der Waals surface area contributed by atoms with Crippen molar-refractivity contribution < 1.29 is 9.21 Å². The van der Waals surface area contributed by atoms with Gasteiger partial charge in [-0.15, -0.1) is 11.3 Å². The van der Waals surface area contributed by atoms with E-state index in [9.17, 15) is 9.59 Å². The van der Waals surface area contributed by atoms with E-state index >= 15 is 0 Å². The van der Waals surface area contributed by atoms with E-state index in [4.69, 9.17) is 27.6 Å². The highest BCUT2D eigenvalue weighted by atomic mass is 35.5. The highest BCUT2D eigenvalue weighted by Crippen LogP contribution is 2.29. The fraction of sp³-hybridized carbons (Fsp3) is 0. The molecule has 33 heavy (non-hydrogen) atoms. The summed E-state index contributed by atoms with van der Waals surface area (Å²) in [5.41, 5.74) is 3.10. The number of carbonyl (C=O) groups is 1. The van der Waals surface area contributed by atoms with Gasteiger partial charge in [0.15, 0.2) is 10.7 Å². The van der Waals surface area contributed by atoms with Crippen LogP contribution in [0.4, 0.5) is 5.13 Å². The molecular weight excluding hydrogens is 479 g/mol. The number of hydrogen-bond acceptors (Lipinski definition) is 5. The molecule has 0 fully saturated rings. The molecule has 0 saturated carbocycles. The van der Waals surface area contributed by atoms with Gasteiger partial charge in [0.1, 0.15) is 5.56 Å². The summed E-state index contributed by atoms with van der Waals surface area (Å²) in [4.78, 5) is 29.5. The highest BCUT2D eigenvalue weighted by Gasteiger charge is 2.17. The number of nitrogens with one attached hydrogen (secondary N) is 1. The van der Waals surface area contributed by atoms with E-state index < -0.39 is 11.5 Å². The van der Waals surface area contributed by atoms with Gasteiger partial charge in [-0.2, -0.15) is 0 Å². The third kappa shape index (κ3) is 4.41. The summed E-state index contributed by atoms with van der Waals surface area (Å²) in [6.07, 6.45) is 0. The van der Waals surface area contributed by atoms with Crippen LogP contribution in [0, 0.1) is 0 Å². The fourth-order valence-corrected chi connectivity index (χ4v) is 4.67. The number of halogens is 2. The average Bonchev–Trinajstić information content (AvgIpc) is 3.28. The van der Waals surface area contributed by atoms with Crippen LogP contribution in [-0.2, 0) is 0 Å². The zero-order chi connectivity index (χ0) is 22.9. The van der Waals surface area contributed by atoms with E-state index in [1.807, 2.05) is 47.8 Å². The van der Waals surface area contributed by atoms with Gasteiger partial charge in [0, 0.05) is 21.4 Å². The first-order chi connectivity index (χ1) is 16.0. The molecule has 3 aromatic carbocycles. The number of fused-ring (bicyclic) bond motifs is 1. The lowest BCUT2D eigenvalue weighted by Crippen LogP contribution is -2.20. The monoisotopic (exact) mass is 492 g/mol. The average molecular weight is 493 g/mol. The van der Waals surface area contributed by atoms with Crippen molar-refractivity contribution in [3.05, 3.63) is 104 Å². The van der Waals surface area contributed by atoms with Crippen LogP contribution in [-0.4, -0.2) is 10.9 Å². The Labute approximate surface area is 202 Å². The molecule has 5 aromatic rings. The lowest BCUT2D eigenvalue weighted by molar-refractivity contribution is 0.102. The number of hydrogen-bond donors (Lipinski definition) is 1. The van der Waals surface area contributed by atoms with Gasteiger partial charge in [-0.05, 0) is 29.3 Å². The van der Waals surface area contributed by atoms with Crippen molar-refractivity contribution in [1.82, 2.24) is 4.98 Å². The first-order valence-corrected chi connectivity index (χ1v) is 11.5. The SMILES string of the molecule is O=C(Nc1nc(-c2ccc(-c3ccccc3)cc2)cs1)c1cc2cc(Cl)cc(Cl)c2oc1=O. The van der Waals surface area contributed by atoms with Crippen LogP contribution in [0.3, 0.4) is 0 Å². The van der Waals surface area contributed by atoms with E-state index in [0.717, 1.165) is 22.4 Å². The van der Waals surface area contributed by atoms with Crippen LogP contribution < -0.4 is 10.9 Å². The number of amides is 1. The molecule has 5 nitrogen and oxygen atoms in total. The molecule has 0 unspecified atom stereocenters. The summed E-state index contributed by atoms with van der Waals surface area (Å²) >= 11 is 13.4. The Kier molecular flexibility index (Phi) is 5.72. The molecule has 5 rings (SSSR count). The van der Waals surface area contributed by atoms with E-state index in [1.165, 1.54) is 23.5 Å². The maximum atomic E-state index is 12.7. The van der Waals surface area contributed by atoms with Crippen molar-refractivity contribution >= 4 is 56.5 Å². The summed E-state index contributed by atoms with van der Waals surface area (Å²) < 4.78 is 5.24. The van der Waals surface area contributed by atoms with Crippen molar-refractivity contribution in [1.29, 1.82) is 0 Å². The van der Waals surface area contributed by atoms with Crippen LogP contribution in [0.2, 0.25) is 10.0 Å². The van der Waals surface area contributed by atoms with Gasteiger partial charge in [-0.1, -0.05) is 77.8 Å². The summed E-state index contributed by atoms with van der Waals surface area (Å²) in [6.45, 7) is 0. The van der Waals surface area contributed by atoms with E-state index in [1.54, 1.807) is 6.07 Å². The molecule has 162 valence electrons. The second-order valence-electron chi connectivity index (χ2n) is 7.19. The summed E-state index contributed by atoms with van der Waals surface area (Å²) in [5.74, 6) is -0.623. The number of carbonyl (C=O) groups excluding carboxylic acids is 1. The Morgan fingerprint density at radius 1 is 0.909 bits per heavy atom. The molecule has 0 bridgehead atoms. The lowest BCUT2D eigenvalue weighted by atomic mass is 10.0. The summed E-state index contributed by atoms with van der Waals surface area (Å²) in [6, 6.07) is 22.5. The van der Waals surface area contributed by atoms with Crippen molar-refractivity contribution in [3.8, 4) is 22.4 Å². The van der Waals surface area contributed by atoms with Gasteiger partial charge >= 0.3 is 5.63 Å². The third-order valence-electron chi connectivity index (χ3n) is 5.01. The normalized spacial score (nSPS) is 11.0. The summed E-state index contributed by atoms with van der Waals surface area (Å²) in [7, 11) is 0. The number of benzene rings is 3. The fourth-order valence-electron chi connectivity index (χ4n) is 3.41. The minimum Gasteiger partial charge on any atom is -0.421 e. The Morgan fingerprint density at radius 3 is 2.36 bits per heavy atom. The maximum Gasteiger partial charge on any atom is 0.349 e. The second-order valence-corrected chi connectivity index (χ2v) is 8.89. The molecule has 1 amide bonds. The number of aromatic nitrogens is 1. The second kappa shape index (κ2) is 8.83. The van der Waals surface area contributed by atoms with Gasteiger partial charge in [0.05, 0.1) is 10.7 Å². The molecule has 0 saturated heterocycles. The van der Waals surface area contributed by atoms with Gasteiger partial charge in [0.25, 0.3) is 5.91 Å². The zero-order valence-corrected chi connectivity index (χ0v) is 19.2. The molecule has 0 aliphatic carbocycles. The lowest BCUT2D eigenvalue weighted by Gasteiger charge is -2.04. The zero-order valence-electron chi connectivity index (χ0n) is 16.8. The predicted octanol–water partition coefficient (Wildman–Crippen LogP) is 7.14. The number of rotatable bonds is 4. The Hall–Kier alpha value is -3.45. The Balaban J connectivity index is 1.37. The number of nitrogens with zero attached hydrogens (tertiary/aromatic N) is 1. The van der Waals surface area contributed by atoms with Crippen molar-refractivity contribution in [3.63, 3.8) is 0 Å². The van der Waals surface area contributed by atoms with Crippen LogP contribution >= 0.6 is 34.5 Å². The first-order valence-electron chi connectivity index (χ1n) is 9.83. The first kappa shape index (κ1) is 21.4.